The maximum Gasteiger partial charge on any atom is 0.165 e. The molecule has 1 aliphatic rings. The van der Waals surface area contributed by atoms with Crippen LogP contribution in [0.3, 0.4) is 0 Å². The summed E-state index contributed by atoms with van der Waals surface area (Å²) in [5.41, 5.74) is 2.24. The Labute approximate surface area is 116 Å². The number of fused-ring (bicyclic) bond motifs is 1. The van der Waals surface area contributed by atoms with Gasteiger partial charge in [-0.15, -0.1) is 0 Å². The Morgan fingerprint density at radius 3 is 2.75 bits per heavy atom. The number of hydrogen-bond acceptors (Lipinski definition) is 6. The number of rotatable bonds is 2. The minimum Gasteiger partial charge on any atom is -0.394 e. The average molecular weight is 278 g/mol. The standard InChI is InChI=1S/C13H18N4O3/c1-6-11(19)9(4-18)20-13(6)17-8(3)16-10-7(2)14-5-15-12(10)17/h5-6,9,11,13,18-19H,4H2,1-3H3/t6?,9-,11-,13-/m0/s1. The summed E-state index contributed by atoms with van der Waals surface area (Å²) in [5.74, 6) is 0.602. The molecule has 1 aliphatic heterocycles. The molecule has 0 aliphatic carbocycles. The van der Waals surface area contributed by atoms with Crippen molar-refractivity contribution in [2.24, 2.45) is 5.92 Å². The molecule has 3 heterocycles. The van der Waals surface area contributed by atoms with Gasteiger partial charge in [0.1, 0.15) is 30.0 Å². The molecule has 2 aromatic rings. The molecule has 0 aromatic carbocycles. The van der Waals surface area contributed by atoms with E-state index < -0.39 is 12.2 Å². The molecule has 108 valence electrons. The van der Waals surface area contributed by atoms with Crippen LogP contribution in [0.2, 0.25) is 0 Å². The van der Waals surface area contributed by atoms with Crippen LogP contribution in [0, 0.1) is 19.8 Å². The Kier molecular flexibility index (Phi) is 3.19. The molecule has 20 heavy (non-hydrogen) atoms. The topological polar surface area (TPSA) is 93.3 Å². The molecule has 1 fully saturated rings. The van der Waals surface area contributed by atoms with Crippen LogP contribution < -0.4 is 0 Å². The monoisotopic (exact) mass is 278 g/mol. The number of aryl methyl sites for hydroxylation is 2. The van der Waals surface area contributed by atoms with Gasteiger partial charge < -0.3 is 14.9 Å². The first-order valence-electron chi connectivity index (χ1n) is 6.65. The third-order valence-electron chi connectivity index (χ3n) is 3.95. The van der Waals surface area contributed by atoms with Crippen LogP contribution in [0.4, 0.5) is 0 Å². The highest BCUT2D eigenvalue weighted by atomic mass is 16.5. The molecule has 2 N–H and O–H groups in total. The molecule has 1 saturated heterocycles. The van der Waals surface area contributed by atoms with Crippen molar-refractivity contribution in [3.8, 4) is 0 Å². The van der Waals surface area contributed by atoms with Crippen molar-refractivity contribution >= 4 is 11.2 Å². The van der Waals surface area contributed by atoms with E-state index in [2.05, 4.69) is 15.0 Å². The van der Waals surface area contributed by atoms with Crippen molar-refractivity contribution in [1.29, 1.82) is 0 Å². The molecule has 4 atom stereocenters. The van der Waals surface area contributed by atoms with Gasteiger partial charge in [-0.2, -0.15) is 0 Å². The van der Waals surface area contributed by atoms with E-state index in [-0.39, 0.29) is 18.8 Å². The Morgan fingerprint density at radius 1 is 1.35 bits per heavy atom. The molecule has 7 nitrogen and oxygen atoms in total. The molecule has 7 heteroatoms. The number of imidazole rings is 1. The van der Waals surface area contributed by atoms with Gasteiger partial charge in [-0.25, -0.2) is 15.0 Å². The molecule has 0 radical (unpaired) electrons. The van der Waals surface area contributed by atoms with Crippen LogP contribution in [-0.4, -0.2) is 48.5 Å². The second-order valence-corrected chi connectivity index (χ2v) is 5.26. The van der Waals surface area contributed by atoms with E-state index in [0.717, 1.165) is 17.0 Å². The second kappa shape index (κ2) is 4.76. The molecule has 0 saturated carbocycles. The van der Waals surface area contributed by atoms with Gasteiger partial charge in [0.25, 0.3) is 0 Å². The molecule has 0 bridgehead atoms. The minimum atomic E-state index is -0.704. The number of aromatic nitrogens is 4. The Balaban J connectivity index is 2.11. The number of hydrogen-bond donors (Lipinski definition) is 2. The number of aliphatic hydroxyl groups excluding tert-OH is 2. The number of nitrogens with zero attached hydrogens (tertiary/aromatic N) is 4. The lowest BCUT2D eigenvalue weighted by Crippen LogP contribution is -2.28. The van der Waals surface area contributed by atoms with Gasteiger partial charge in [0.15, 0.2) is 5.65 Å². The maximum atomic E-state index is 10.1. The summed E-state index contributed by atoms with van der Waals surface area (Å²) in [7, 11) is 0. The zero-order valence-electron chi connectivity index (χ0n) is 11.7. The summed E-state index contributed by atoms with van der Waals surface area (Å²) in [5, 5.41) is 19.4. The van der Waals surface area contributed by atoms with Crippen molar-refractivity contribution in [1.82, 2.24) is 19.5 Å². The van der Waals surface area contributed by atoms with Crippen molar-refractivity contribution in [2.75, 3.05) is 6.61 Å². The predicted octanol–water partition coefficient (Wildman–Crippen LogP) is 0.330. The lowest BCUT2D eigenvalue weighted by Gasteiger charge is -2.19. The molecular formula is C13H18N4O3. The lowest BCUT2D eigenvalue weighted by molar-refractivity contribution is -0.0453. The van der Waals surface area contributed by atoms with Crippen LogP contribution in [-0.2, 0) is 4.74 Å². The molecule has 0 amide bonds. The second-order valence-electron chi connectivity index (χ2n) is 5.26. The van der Waals surface area contributed by atoms with Gasteiger partial charge in [-0.05, 0) is 13.8 Å². The van der Waals surface area contributed by atoms with Crippen LogP contribution in [0.25, 0.3) is 11.2 Å². The first-order valence-corrected chi connectivity index (χ1v) is 6.65. The van der Waals surface area contributed by atoms with Gasteiger partial charge in [-0.3, -0.25) is 4.57 Å². The smallest absolute Gasteiger partial charge is 0.165 e. The van der Waals surface area contributed by atoms with E-state index in [4.69, 9.17) is 4.74 Å². The van der Waals surface area contributed by atoms with E-state index in [1.54, 1.807) is 0 Å². The highest BCUT2D eigenvalue weighted by molar-refractivity contribution is 5.73. The first kappa shape index (κ1) is 13.4. The average Bonchev–Trinajstić information content (AvgIpc) is 2.90. The van der Waals surface area contributed by atoms with E-state index in [1.807, 2.05) is 25.3 Å². The minimum absolute atomic E-state index is 0.154. The SMILES string of the molecule is Cc1ncnc2c1nc(C)n2[C@H]1O[C@@H](CO)[C@@H](O)C1C. The molecule has 0 spiro atoms. The Hall–Kier alpha value is -1.57. The first-order chi connectivity index (χ1) is 9.54. The van der Waals surface area contributed by atoms with E-state index in [1.165, 1.54) is 6.33 Å². The summed E-state index contributed by atoms with van der Waals surface area (Å²) in [4.78, 5) is 12.9. The highest BCUT2D eigenvalue weighted by Crippen LogP contribution is 2.36. The Bertz CT molecular complexity index is 642. The molecule has 3 rings (SSSR count). The van der Waals surface area contributed by atoms with Gasteiger partial charge >= 0.3 is 0 Å². The molecular weight excluding hydrogens is 260 g/mol. The largest absolute Gasteiger partial charge is 0.394 e. The van der Waals surface area contributed by atoms with Crippen molar-refractivity contribution in [2.45, 2.75) is 39.2 Å². The van der Waals surface area contributed by atoms with Crippen LogP contribution in [0.5, 0.6) is 0 Å². The normalized spacial score (nSPS) is 30.2. The molecule has 2 aromatic heterocycles. The van der Waals surface area contributed by atoms with Crippen molar-refractivity contribution in [3.63, 3.8) is 0 Å². The van der Waals surface area contributed by atoms with Crippen LogP contribution in [0.1, 0.15) is 24.7 Å². The van der Waals surface area contributed by atoms with Crippen molar-refractivity contribution < 1.29 is 14.9 Å². The van der Waals surface area contributed by atoms with E-state index in [0.29, 0.717) is 5.65 Å². The summed E-state index contributed by atoms with van der Waals surface area (Å²) in [6.07, 6.45) is -0.171. The van der Waals surface area contributed by atoms with Gasteiger partial charge in [-0.1, -0.05) is 6.92 Å². The fourth-order valence-corrected chi connectivity index (χ4v) is 2.77. The zero-order valence-corrected chi connectivity index (χ0v) is 11.7. The summed E-state index contributed by atoms with van der Waals surface area (Å²) in [6.45, 7) is 5.44. The van der Waals surface area contributed by atoms with Crippen LogP contribution >= 0.6 is 0 Å². The third kappa shape index (κ3) is 1.81. The summed E-state index contributed by atoms with van der Waals surface area (Å²) in [6, 6.07) is 0. The predicted molar refractivity (Wildman–Crippen MR) is 71.0 cm³/mol. The fourth-order valence-electron chi connectivity index (χ4n) is 2.77. The van der Waals surface area contributed by atoms with Crippen LogP contribution in [0.15, 0.2) is 6.33 Å². The quantitative estimate of drug-likeness (QED) is 0.822. The fraction of sp³-hybridized carbons (Fsp3) is 0.615. The summed E-state index contributed by atoms with van der Waals surface area (Å²) >= 11 is 0. The van der Waals surface area contributed by atoms with Gasteiger partial charge in [0, 0.05) is 5.92 Å². The Morgan fingerprint density at radius 2 is 2.10 bits per heavy atom. The van der Waals surface area contributed by atoms with Gasteiger partial charge in [0.05, 0.1) is 18.4 Å². The van der Waals surface area contributed by atoms with Crippen molar-refractivity contribution in [3.05, 3.63) is 17.8 Å². The number of ether oxygens (including phenoxy) is 1. The maximum absolute atomic E-state index is 10.1. The zero-order chi connectivity index (χ0) is 14.4. The highest BCUT2D eigenvalue weighted by Gasteiger charge is 2.42. The molecule has 1 unspecified atom stereocenters. The lowest BCUT2D eigenvalue weighted by atomic mass is 10.0. The third-order valence-corrected chi connectivity index (χ3v) is 3.95. The number of aliphatic hydroxyl groups is 2. The van der Waals surface area contributed by atoms with E-state index in [9.17, 15) is 10.2 Å². The van der Waals surface area contributed by atoms with Gasteiger partial charge in [0.2, 0.25) is 0 Å². The van der Waals surface area contributed by atoms with E-state index >= 15 is 0 Å². The summed E-state index contributed by atoms with van der Waals surface area (Å²) < 4.78 is 7.64.